The lowest BCUT2D eigenvalue weighted by Crippen LogP contribution is -2.41. The maximum Gasteiger partial charge on any atom is 0.233 e. The lowest BCUT2D eigenvalue weighted by Gasteiger charge is -2.31. The van der Waals surface area contributed by atoms with Gasteiger partial charge in [-0.25, -0.2) is 0 Å². The number of para-hydroxylation sites is 1. The smallest absolute Gasteiger partial charge is 0.233 e. The van der Waals surface area contributed by atoms with Gasteiger partial charge in [0.2, 0.25) is 5.91 Å². The van der Waals surface area contributed by atoms with Gasteiger partial charge in [-0.2, -0.15) is 0 Å². The van der Waals surface area contributed by atoms with Crippen molar-refractivity contribution >= 4 is 17.4 Å². The molecule has 0 aromatic heterocycles. The molecule has 1 unspecified atom stereocenters. The van der Waals surface area contributed by atoms with Crippen LogP contribution in [0, 0.1) is 5.92 Å². The average molecular weight is 371 g/mol. The Bertz CT molecular complexity index is 999. The van der Waals surface area contributed by atoms with E-state index in [-0.39, 0.29) is 17.6 Å². The molecule has 28 heavy (non-hydrogen) atoms. The van der Waals surface area contributed by atoms with E-state index < -0.39 is 0 Å². The summed E-state index contributed by atoms with van der Waals surface area (Å²) in [7, 11) is 1.77. The van der Waals surface area contributed by atoms with Crippen molar-refractivity contribution in [2.45, 2.75) is 6.42 Å². The summed E-state index contributed by atoms with van der Waals surface area (Å²) in [5.41, 5.74) is 3.14. The summed E-state index contributed by atoms with van der Waals surface area (Å²) >= 11 is 0. The van der Waals surface area contributed by atoms with Crippen molar-refractivity contribution in [2.75, 3.05) is 18.6 Å². The highest BCUT2D eigenvalue weighted by Crippen LogP contribution is 2.31. The third kappa shape index (κ3) is 3.54. The Balaban J connectivity index is 1.56. The molecule has 1 aliphatic heterocycles. The minimum atomic E-state index is -0.278. The minimum Gasteiger partial charge on any atom is -0.493 e. The lowest BCUT2D eigenvalue weighted by atomic mass is 9.90. The molecule has 4 heteroatoms. The first-order valence-corrected chi connectivity index (χ1v) is 9.31. The summed E-state index contributed by atoms with van der Waals surface area (Å²) in [5.74, 6) is 0.488. The Hall–Kier alpha value is -3.40. The number of amides is 1. The highest BCUT2D eigenvalue weighted by atomic mass is 16.5. The Morgan fingerprint density at radius 1 is 0.964 bits per heavy atom. The van der Waals surface area contributed by atoms with E-state index >= 15 is 0 Å². The van der Waals surface area contributed by atoms with Crippen LogP contribution in [0.1, 0.15) is 21.5 Å². The molecule has 4 nitrogen and oxygen atoms in total. The van der Waals surface area contributed by atoms with Crippen LogP contribution in [-0.2, 0) is 11.2 Å². The van der Waals surface area contributed by atoms with E-state index in [0.29, 0.717) is 24.2 Å². The predicted molar refractivity (Wildman–Crippen MR) is 109 cm³/mol. The van der Waals surface area contributed by atoms with Crippen molar-refractivity contribution in [3.8, 4) is 5.75 Å². The van der Waals surface area contributed by atoms with Crippen molar-refractivity contribution in [3.05, 3.63) is 95.6 Å². The molecule has 1 atom stereocenters. The molecular formula is C24H21NO3. The Morgan fingerprint density at radius 2 is 1.64 bits per heavy atom. The third-order valence-electron chi connectivity index (χ3n) is 5.08. The molecule has 1 amide bonds. The molecule has 140 valence electrons. The van der Waals surface area contributed by atoms with Crippen LogP contribution in [0.15, 0.2) is 78.9 Å². The Morgan fingerprint density at radius 3 is 2.36 bits per heavy atom. The van der Waals surface area contributed by atoms with E-state index in [1.165, 1.54) is 0 Å². The summed E-state index contributed by atoms with van der Waals surface area (Å²) < 4.78 is 5.81. The summed E-state index contributed by atoms with van der Waals surface area (Å²) in [6.45, 7) is 0.309. The highest BCUT2D eigenvalue weighted by molar-refractivity contribution is 6.09. The van der Waals surface area contributed by atoms with Crippen LogP contribution >= 0.6 is 0 Å². The number of hydrogen-bond donors (Lipinski definition) is 0. The first-order valence-electron chi connectivity index (χ1n) is 9.31. The van der Waals surface area contributed by atoms with Crippen molar-refractivity contribution < 1.29 is 14.3 Å². The quantitative estimate of drug-likeness (QED) is 0.634. The summed E-state index contributed by atoms with van der Waals surface area (Å²) in [6, 6.07) is 24.3. The highest BCUT2D eigenvalue weighted by Gasteiger charge is 2.31. The molecule has 3 aromatic rings. The van der Waals surface area contributed by atoms with Gasteiger partial charge in [-0.05, 0) is 42.3 Å². The number of anilines is 1. The Labute approximate surface area is 164 Å². The molecule has 0 radical (unpaired) electrons. The second kappa shape index (κ2) is 7.69. The molecule has 0 saturated carbocycles. The van der Waals surface area contributed by atoms with E-state index in [4.69, 9.17) is 4.74 Å². The van der Waals surface area contributed by atoms with E-state index in [9.17, 15) is 9.59 Å². The van der Waals surface area contributed by atoms with Gasteiger partial charge in [0.25, 0.3) is 0 Å². The van der Waals surface area contributed by atoms with Crippen LogP contribution in [0.2, 0.25) is 0 Å². The van der Waals surface area contributed by atoms with Gasteiger partial charge < -0.3 is 9.64 Å². The van der Waals surface area contributed by atoms with Gasteiger partial charge in [0.1, 0.15) is 12.4 Å². The first-order chi connectivity index (χ1) is 13.6. The maximum atomic E-state index is 12.8. The number of ether oxygens (including phenoxy) is 1. The van der Waals surface area contributed by atoms with E-state index in [1.54, 1.807) is 18.0 Å². The fraction of sp³-hybridized carbons (Fsp3) is 0.167. The zero-order chi connectivity index (χ0) is 19.5. The SMILES string of the molecule is CN1C(=O)C(COc2ccccc2)Cc2cc(C(=O)c3ccccc3)ccc21. The molecule has 1 heterocycles. The monoisotopic (exact) mass is 371 g/mol. The van der Waals surface area contributed by atoms with Crippen LogP contribution in [-0.4, -0.2) is 25.3 Å². The van der Waals surface area contributed by atoms with Gasteiger partial charge >= 0.3 is 0 Å². The third-order valence-corrected chi connectivity index (χ3v) is 5.08. The summed E-state index contributed by atoms with van der Waals surface area (Å²) in [5, 5.41) is 0. The maximum absolute atomic E-state index is 12.8. The summed E-state index contributed by atoms with van der Waals surface area (Å²) in [6.07, 6.45) is 0.557. The van der Waals surface area contributed by atoms with Crippen molar-refractivity contribution in [3.63, 3.8) is 0 Å². The molecule has 1 aliphatic rings. The number of ketones is 1. The number of carbonyl (C=O) groups excluding carboxylic acids is 2. The van der Waals surface area contributed by atoms with E-state index in [2.05, 4.69) is 0 Å². The standard InChI is InChI=1S/C24H21NO3/c1-25-22-13-12-18(23(26)17-8-4-2-5-9-17)14-19(22)15-20(24(25)27)16-28-21-10-6-3-7-11-21/h2-14,20H,15-16H2,1H3. The second-order valence-corrected chi connectivity index (χ2v) is 6.96. The molecule has 0 spiro atoms. The van der Waals surface area contributed by atoms with Crippen LogP contribution in [0.3, 0.4) is 0 Å². The molecule has 0 bridgehead atoms. The minimum absolute atomic E-state index is 0.0139. The van der Waals surface area contributed by atoms with Gasteiger partial charge in [-0.3, -0.25) is 9.59 Å². The average Bonchev–Trinajstić information content (AvgIpc) is 2.75. The fourth-order valence-corrected chi connectivity index (χ4v) is 3.56. The van der Waals surface area contributed by atoms with Crippen molar-refractivity contribution in [2.24, 2.45) is 5.92 Å². The first kappa shape index (κ1) is 18.0. The largest absolute Gasteiger partial charge is 0.493 e. The topological polar surface area (TPSA) is 46.6 Å². The molecule has 3 aromatic carbocycles. The van der Waals surface area contributed by atoms with Gasteiger partial charge in [-0.1, -0.05) is 48.5 Å². The van der Waals surface area contributed by atoms with Gasteiger partial charge in [0.15, 0.2) is 5.78 Å². The zero-order valence-electron chi connectivity index (χ0n) is 15.7. The normalized spacial score (nSPS) is 15.8. The molecular weight excluding hydrogens is 350 g/mol. The van der Waals surface area contributed by atoms with Crippen LogP contribution in [0.25, 0.3) is 0 Å². The number of rotatable bonds is 5. The number of carbonyl (C=O) groups is 2. The van der Waals surface area contributed by atoms with Crippen molar-refractivity contribution in [1.82, 2.24) is 0 Å². The molecule has 0 aliphatic carbocycles. The van der Waals surface area contributed by atoms with Crippen molar-refractivity contribution in [1.29, 1.82) is 0 Å². The molecule has 0 saturated heterocycles. The van der Waals surface area contributed by atoms with Crippen LogP contribution in [0.5, 0.6) is 5.75 Å². The van der Waals surface area contributed by atoms with E-state index in [0.717, 1.165) is 17.0 Å². The van der Waals surface area contributed by atoms with Crippen LogP contribution < -0.4 is 9.64 Å². The Kier molecular flexibility index (Phi) is 4.94. The predicted octanol–water partition coefficient (Wildman–Crippen LogP) is 4.13. The fourth-order valence-electron chi connectivity index (χ4n) is 3.56. The van der Waals surface area contributed by atoms with Gasteiger partial charge in [0, 0.05) is 23.9 Å². The van der Waals surface area contributed by atoms with Crippen LogP contribution in [0.4, 0.5) is 5.69 Å². The number of benzene rings is 3. The number of fused-ring (bicyclic) bond motifs is 1. The molecule has 0 N–H and O–H groups in total. The van der Waals surface area contributed by atoms with Gasteiger partial charge in [-0.15, -0.1) is 0 Å². The number of nitrogens with zero attached hydrogens (tertiary/aromatic N) is 1. The number of hydrogen-bond acceptors (Lipinski definition) is 3. The molecule has 0 fully saturated rings. The van der Waals surface area contributed by atoms with Gasteiger partial charge in [0.05, 0.1) is 5.92 Å². The second-order valence-electron chi connectivity index (χ2n) is 6.96. The molecule has 4 rings (SSSR count). The lowest BCUT2D eigenvalue weighted by molar-refractivity contribution is -0.123. The van der Waals surface area contributed by atoms with E-state index in [1.807, 2.05) is 72.8 Å². The zero-order valence-corrected chi connectivity index (χ0v) is 15.7. The summed E-state index contributed by atoms with van der Waals surface area (Å²) in [4.78, 5) is 27.2.